The molecule has 0 aromatic carbocycles. The Kier molecular flexibility index (Phi) is 6.05. The van der Waals surface area contributed by atoms with Crippen LogP contribution in [0.3, 0.4) is 0 Å². The minimum atomic E-state index is 0.451. The van der Waals surface area contributed by atoms with E-state index >= 15 is 0 Å². The highest BCUT2D eigenvalue weighted by atomic mass is 35.5. The van der Waals surface area contributed by atoms with Gasteiger partial charge in [-0.15, -0.1) is 0 Å². The van der Waals surface area contributed by atoms with Crippen molar-refractivity contribution in [2.45, 2.75) is 6.54 Å². The molecule has 0 saturated carbocycles. The molecular formula is C14H22Cl2N4. The first-order valence-corrected chi connectivity index (χ1v) is 7.69. The lowest BCUT2D eigenvalue weighted by atomic mass is 10.2. The van der Waals surface area contributed by atoms with Crippen molar-refractivity contribution in [2.24, 2.45) is 0 Å². The molecule has 20 heavy (non-hydrogen) atoms. The maximum atomic E-state index is 6.19. The van der Waals surface area contributed by atoms with Gasteiger partial charge in [0.15, 0.2) is 0 Å². The molecule has 4 nitrogen and oxygen atoms in total. The predicted molar refractivity (Wildman–Crippen MR) is 84.5 cm³/mol. The molecule has 2 heterocycles. The molecule has 1 aliphatic heterocycles. The molecule has 6 heteroatoms. The van der Waals surface area contributed by atoms with Crippen LogP contribution in [-0.2, 0) is 6.54 Å². The van der Waals surface area contributed by atoms with Crippen LogP contribution < -0.4 is 0 Å². The SMILES string of the molecule is CN(C)CCN1CCN(Cc2cnc(Cl)cc2Cl)CC1. The molecule has 0 spiro atoms. The monoisotopic (exact) mass is 316 g/mol. The lowest BCUT2D eigenvalue weighted by Gasteiger charge is -2.35. The van der Waals surface area contributed by atoms with Crippen LogP contribution >= 0.6 is 23.2 Å². The minimum absolute atomic E-state index is 0.451. The van der Waals surface area contributed by atoms with Crippen molar-refractivity contribution >= 4 is 23.2 Å². The fraction of sp³-hybridized carbons (Fsp3) is 0.643. The number of piperazine rings is 1. The topological polar surface area (TPSA) is 22.6 Å². The maximum Gasteiger partial charge on any atom is 0.130 e. The van der Waals surface area contributed by atoms with Gasteiger partial charge in [0.2, 0.25) is 0 Å². The molecule has 0 atom stereocenters. The Labute approximate surface area is 131 Å². The summed E-state index contributed by atoms with van der Waals surface area (Å²) in [4.78, 5) is 11.3. The summed E-state index contributed by atoms with van der Waals surface area (Å²) in [6.45, 7) is 7.50. The number of nitrogens with zero attached hydrogens (tertiary/aromatic N) is 4. The predicted octanol–water partition coefficient (Wildman–Crippen LogP) is 2.07. The Morgan fingerprint density at radius 2 is 1.80 bits per heavy atom. The summed E-state index contributed by atoms with van der Waals surface area (Å²) in [5, 5.41) is 1.16. The van der Waals surface area contributed by atoms with E-state index in [9.17, 15) is 0 Å². The molecule has 1 aromatic heterocycles. The zero-order valence-corrected chi connectivity index (χ0v) is 13.7. The molecule has 0 aliphatic carbocycles. The van der Waals surface area contributed by atoms with Crippen molar-refractivity contribution in [3.8, 4) is 0 Å². The average molecular weight is 317 g/mol. The molecule has 1 saturated heterocycles. The summed E-state index contributed by atoms with van der Waals surface area (Å²) < 4.78 is 0. The van der Waals surface area contributed by atoms with Gasteiger partial charge >= 0.3 is 0 Å². The highest BCUT2D eigenvalue weighted by Gasteiger charge is 2.17. The first-order valence-electron chi connectivity index (χ1n) is 6.94. The lowest BCUT2D eigenvalue weighted by Crippen LogP contribution is -2.47. The van der Waals surface area contributed by atoms with Crippen molar-refractivity contribution in [1.29, 1.82) is 0 Å². The summed E-state index contributed by atoms with van der Waals surface area (Å²) in [6, 6.07) is 1.71. The molecule has 0 N–H and O–H groups in total. The highest BCUT2D eigenvalue weighted by Crippen LogP contribution is 2.20. The lowest BCUT2D eigenvalue weighted by molar-refractivity contribution is 0.120. The third-order valence-corrected chi connectivity index (χ3v) is 4.18. The molecule has 0 radical (unpaired) electrons. The Morgan fingerprint density at radius 1 is 1.15 bits per heavy atom. The molecular weight excluding hydrogens is 295 g/mol. The summed E-state index contributed by atoms with van der Waals surface area (Å²) in [5.41, 5.74) is 1.05. The van der Waals surface area contributed by atoms with Crippen LogP contribution in [0.2, 0.25) is 10.2 Å². The van der Waals surface area contributed by atoms with E-state index < -0.39 is 0 Å². The van der Waals surface area contributed by atoms with Gasteiger partial charge in [-0.05, 0) is 20.2 Å². The van der Waals surface area contributed by atoms with E-state index in [0.29, 0.717) is 10.2 Å². The zero-order valence-electron chi connectivity index (χ0n) is 12.1. The number of pyridine rings is 1. The summed E-state index contributed by atoms with van der Waals surface area (Å²) in [7, 11) is 4.23. The Balaban J connectivity index is 1.79. The van der Waals surface area contributed by atoms with Crippen LogP contribution in [0.4, 0.5) is 0 Å². The molecule has 1 aliphatic rings. The third-order valence-electron chi connectivity index (χ3n) is 3.62. The number of hydrogen-bond acceptors (Lipinski definition) is 4. The van der Waals surface area contributed by atoms with Crippen LogP contribution in [-0.4, -0.2) is 73.0 Å². The Morgan fingerprint density at radius 3 is 2.40 bits per heavy atom. The molecule has 1 aromatic rings. The fourth-order valence-electron chi connectivity index (χ4n) is 2.31. The van der Waals surface area contributed by atoms with Gasteiger partial charge in [-0.3, -0.25) is 9.80 Å². The second-order valence-corrected chi connectivity index (χ2v) is 6.31. The zero-order chi connectivity index (χ0) is 14.5. The number of likely N-dealkylation sites (N-methyl/N-ethyl adjacent to an activating group) is 1. The summed E-state index contributed by atoms with van der Waals surface area (Å²) in [6.07, 6.45) is 1.78. The van der Waals surface area contributed by atoms with Gasteiger partial charge in [-0.25, -0.2) is 4.98 Å². The van der Waals surface area contributed by atoms with Gasteiger partial charge in [-0.2, -0.15) is 0 Å². The van der Waals surface area contributed by atoms with Crippen molar-refractivity contribution in [1.82, 2.24) is 19.7 Å². The highest BCUT2D eigenvalue weighted by molar-refractivity contribution is 6.34. The number of halogens is 2. The quantitative estimate of drug-likeness (QED) is 0.776. The minimum Gasteiger partial charge on any atom is -0.308 e. The third kappa shape index (κ3) is 4.86. The van der Waals surface area contributed by atoms with E-state index in [-0.39, 0.29) is 0 Å². The number of aromatic nitrogens is 1. The maximum absolute atomic E-state index is 6.19. The van der Waals surface area contributed by atoms with E-state index in [0.717, 1.165) is 51.4 Å². The molecule has 112 valence electrons. The van der Waals surface area contributed by atoms with Gasteiger partial charge < -0.3 is 4.90 Å². The van der Waals surface area contributed by atoms with Crippen molar-refractivity contribution < 1.29 is 0 Å². The molecule has 2 rings (SSSR count). The van der Waals surface area contributed by atoms with Gasteiger partial charge in [0.25, 0.3) is 0 Å². The molecule has 0 bridgehead atoms. The van der Waals surface area contributed by atoms with Crippen molar-refractivity contribution in [3.63, 3.8) is 0 Å². The van der Waals surface area contributed by atoms with Gasteiger partial charge in [-0.1, -0.05) is 23.2 Å². The van der Waals surface area contributed by atoms with Crippen LogP contribution in [0.1, 0.15) is 5.56 Å². The van der Waals surface area contributed by atoms with E-state index in [1.807, 2.05) is 0 Å². The van der Waals surface area contributed by atoms with Crippen LogP contribution in [0.25, 0.3) is 0 Å². The first kappa shape index (κ1) is 16.0. The molecule has 0 unspecified atom stereocenters. The molecule has 1 fully saturated rings. The van der Waals surface area contributed by atoms with E-state index in [1.165, 1.54) is 0 Å². The second-order valence-electron chi connectivity index (χ2n) is 5.52. The van der Waals surface area contributed by atoms with E-state index in [2.05, 4.69) is 33.8 Å². The van der Waals surface area contributed by atoms with Crippen LogP contribution in [0.5, 0.6) is 0 Å². The second kappa shape index (κ2) is 7.57. The fourth-order valence-corrected chi connectivity index (χ4v) is 2.73. The van der Waals surface area contributed by atoms with Crippen LogP contribution in [0, 0.1) is 0 Å². The largest absolute Gasteiger partial charge is 0.308 e. The van der Waals surface area contributed by atoms with E-state index in [1.54, 1.807) is 12.3 Å². The van der Waals surface area contributed by atoms with Gasteiger partial charge in [0, 0.05) is 62.6 Å². The van der Waals surface area contributed by atoms with Gasteiger partial charge in [0.1, 0.15) is 5.15 Å². The van der Waals surface area contributed by atoms with Crippen LogP contribution in [0.15, 0.2) is 12.3 Å². The molecule has 0 amide bonds. The smallest absolute Gasteiger partial charge is 0.130 e. The number of rotatable bonds is 5. The summed E-state index contributed by atoms with van der Waals surface area (Å²) >= 11 is 12.0. The first-order chi connectivity index (χ1) is 9.54. The van der Waals surface area contributed by atoms with Gasteiger partial charge in [0.05, 0.1) is 0 Å². The van der Waals surface area contributed by atoms with Crippen molar-refractivity contribution in [2.75, 3.05) is 53.4 Å². The summed E-state index contributed by atoms with van der Waals surface area (Å²) in [5.74, 6) is 0. The van der Waals surface area contributed by atoms with E-state index in [4.69, 9.17) is 23.2 Å². The normalized spacial score (nSPS) is 17.9. The Hall–Kier alpha value is -0.390. The Bertz CT molecular complexity index is 431. The number of hydrogen-bond donors (Lipinski definition) is 0. The standard InChI is InChI=1S/C14H22Cl2N4/c1-18(2)3-4-19-5-7-20(8-6-19)11-12-10-17-14(16)9-13(12)15/h9-10H,3-8,11H2,1-2H3. The average Bonchev–Trinajstić information content (AvgIpc) is 2.41. The van der Waals surface area contributed by atoms with Crippen molar-refractivity contribution in [3.05, 3.63) is 28.0 Å².